The predicted molar refractivity (Wildman–Crippen MR) is 83.7 cm³/mol. The molecule has 2 rings (SSSR count). The Hall–Kier alpha value is -1.11. The number of nitrogens with zero attached hydrogens (tertiary/aromatic N) is 1. The first kappa shape index (κ1) is 16.3. The molecule has 1 fully saturated rings. The maximum absolute atomic E-state index is 11.6. The molecule has 0 spiro atoms. The number of sulfonamides is 1. The van der Waals surface area contributed by atoms with Gasteiger partial charge < -0.3 is 10.5 Å². The van der Waals surface area contributed by atoms with E-state index in [-0.39, 0.29) is 12.0 Å². The molecule has 2 atom stereocenters. The largest absolute Gasteiger partial charge is 0.493 e. The van der Waals surface area contributed by atoms with Crippen molar-refractivity contribution in [2.75, 3.05) is 26.0 Å². The van der Waals surface area contributed by atoms with Gasteiger partial charge in [0.2, 0.25) is 10.0 Å². The van der Waals surface area contributed by atoms with E-state index in [2.05, 4.69) is 0 Å². The van der Waals surface area contributed by atoms with Crippen LogP contribution in [0.15, 0.2) is 24.3 Å². The highest BCUT2D eigenvalue weighted by molar-refractivity contribution is 7.88. The third-order valence-electron chi connectivity index (χ3n) is 3.82. The van der Waals surface area contributed by atoms with Crippen LogP contribution >= 0.6 is 0 Å². The molecule has 0 radical (unpaired) electrons. The van der Waals surface area contributed by atoms with Gasteiger partial charge in [-0.3, -0.25) is 0 Å². The van der Waals surface area contributed by atoms with E-state index in [0.717, 1.165) is 24.2 Å². The second kappa shape index (κ2) is 6.77. The summed E-state index contributed by atoms with van der Waals surface area (Å²) in [6.07, 6.45) is 3.16. The fraction of sp³-hybridized carbons (Fsp3) is 0.600. The normalized spacial score (nSPS) is 22.0. The summed E-state index contributed by atoms with van der Waals surface area (Å²) in [5.41, 5.74) is 6.89. The van der Waals surface area contributed by atoms with E-state index in [1.165, 1.54) is 6.26 Å². The lowest BCUT2D eigenvalue weighted by molar-refractivity contribution is 0.180. The average molecular weight is 312 g/mol. The highest BCUT2D eigenvalue weighted by Gasteiger charge is 2.26. The van der Waals surface area contributed by atoms with Gasteiger partial charge in [-0.2, -0.15) is 0 Å². The third kappa shape index (κ3) is 4.69. The topological polar surface area (TPSA) is 72.6 Å². The first-order chi connectivity index (χ1) is 9.86. The van der Waals surface area contributed by atoms with Crippen LogP contribution in [-0.4, -0.2) is 38.7 Å². The molecule has 1 unspecified atom stereocenters. The van der Waals surface area contributed by atoms with Gasteiger partial charge in [0.1, 0.15) is 5.75 Å². The molecule has 1 heterocycles. The number of rotatable bonds is 5. The van der Waals surface area contributed by atoms with Crippen molar-refractivity contribution in [2.24, 2.45) is 11.7 Å². The van der Waals surface area contributed by atoms with Crippen LogP contribution in [0.3, 0.4) is 0 Å². The van der Waals surface area contributed by atoms with Crippen LogP contribution in [-0.2, 0) is 10.0 Å². The highest BCUT2D eigenvalue weighted by atomic mass is 32.2. The molecule has 0 amide bonds. The van der Waals surface area contributed by atoms with E-state index in [0.29, 0.717) is 19.7 Å². The Labute approximate surface area is 127 Å². The summed E-state index contributed by atoms with van der Waals surface area (Å²) < 4.78 is 30.6. The molecule has 1 saturated heterocycles. The molecule has 0 saturated carbocycles. The summed E-state index contributed by atoms with van der Waals surface area (Å²) in [7, 11) is -3.10. The molecular formula is C15H24N2O3S. The smallest absolute Gasteiger partial charge is 0.211 e. The lowest BCUT2D eigenvalue weighted by Crippen LogP contribution is -2.40. The fourth-order valence-electron chi connectivity index (χ4n) is 2.57. The van der Waals surface area contributed by atoms with E-state index in [9.17, 15) is 8.42 Å². The number of hydrogen-bond donors (Lipinski definition) is 1. The van der Waals surface area contributed by atoms with Crippen molar-refractivity contribution in [1.82, 2.24) is 4.31 Å². The quantitative estimate of drug-likeness (QED) is 0.899. The third-order valence-corrected chi connectivity index (χ3v) is 5.09. The van der Waals surface area contributed by atoms with Crippen LogP contribution in [0.4, 0.5) is 0 Å². The maximum atomic E-state index is 11.6. The van der Waals surface area contributed by atoms with Crippen LogP contribution in [0, 0.1) is 5.92 Å². The molecule has 0 bridgehead atoms. The standard InChI is InChI=1S/C15H24N2O3S/c1-12(16)14-6-3-7-15(9-14)20-11-13-5-4-8-17(10-13)21(2,18)19/h3,6-7,9,12-13H,4-5,8,10-11,16H2,1-2H3/t12-,13?/m0/s1. The van der Waals surface area contributed by atoms with Gasteiger partial charge in [-0.15, -0.1) is 0 Å². The molecule has 1 aliphatic rings. The minimum absolute atomic E-state index is 0.0241. The van der Waals surface area contributed by atoms with E-state index >= 15 is 0 Å². The monoisotopic (exact) mass is 312 g/mol. The number of hydrogen-bond acceptors (Lipinski definition) is 4. The first-order valence-corrected chi connectivity index (χ1v) is 9.14. The Kier molecular flexibility index (Phi) is 5.24. The second-order valence-electron chi connectivity index (χ2n) is 5.80. The molecule has 118 valence electrons. The zero-order chi connectivity index (χ0) is 15.5. The van der Waals surface area contributed by atoms with Crippen LogP contribution in [0.25, 0.3) is 0 Å². The van der Waals surface area contributed by atoms with Crippen LogP contribution in [0.1, 0.15) is 31.4 Å². The van der Waals surface area contributed by atoms with Crippen molar-refractivity contribution >= 4 is 10.0 Å². The second-order valence-corrected chi connectivity index (χ2v) is 7.78. The van der Waals surface area contributed by atoms with Crippen molar-refractivity contribution < 1.29 is 13.2 Å². The van der Waals surface area contributed by atoms with E-state index < -0.39 is 10.0 Å². The minimum Gasteiger partial charge on any atom is -0.493 e. The summed E-state index contributed by atoms with van der Waals surface area (Å²) >= 11 is 0. The van der Waals surface area contributed by atoms with Gasteiger partial charge in [-0.25, -0.2) is 12.7 Å². The number of ether oxygens (including phenoxy) is 1. The Morgan fingerprint density at radius 2 is 2.24 bits per heavy atom. The number of piperidine rings is 1. The van der Waals surface area contributed by atoms with Gasteiger partial charge in [-0.05, 0) is 37.5 Å². The molecule has 1 aromatic rings. The van der Waals surface area contributed by atoms with Crippen molar-refractivity contribution in [3.05, 3.63) is 29.8 Å². The van der Waals surface area contributed by atoms with Gasteiger partial charge in [-0.1, -0.05) is 12.1 Å². The SMILES string of the molecule is C[C@H](N)c1cccc(OCC2CCCN(S(C)(=O)=O)C2)c1. The van der Waals surface area contributed by atoms with E-state index in [1.54, 1.807) is 4.31 Å². The average Bonchev–Trinajstić information content (AvgIpc) is 2.45. The first-order valence-electron chi connectivity index (χ1n) is 7.29. The molecule has 2 N–H and O–H groups in total. The summed E-state index contributed by atoms with van der Waals surface area (Å²) in [6.45, 7) is 3.64. The van der Waals surface area contributed by atoms with Crippen LogP contribution in [0.5, 0.6) is 5.75 Å². The van der Waals surface area contributed by atoms with Crippen molar-refractivity contribution in [3.8, 4) is 5.75 Å². The van der Waals surface area contributed by atoms with E-state index in [1.807, 2.05) is 31.2 Å². The van der Waals surface area contributed by atoms with E-state index in [4.69, 9.17) is 10.5 Å². The van der Waals surface area contributed by atoms with Crippen LogP contribution < -0.4 is 10.5 Å². The molecule has 6 heteroatoms. The zero-order valence-corrected chi connectivity index (χ0v) is 13.5. The molecule has 5 nitrogen and oxygen atoms in total. The summed E-state index contributed by atoms with van der Waals surface area (Å²) in [5, 5.41) is 0. The molecule has 0 aromatic heterocycles. The summed E-state index contributed by atoms with van der Waals surface area (Å²) in [5.74, 6) is 1.04. The summed E-state index contributed by atoms with van der Waals surface area (Å²) in [4.78, 5) is 0. The molecule has 0 aliphatic carbocycles. The molecule has 1 aromatic carbocycles. The Morgan fingerprint density at radius 1 is 1.48 bits per heavy atom. The van der Waals surface area contributed by atoms with Gasteiger partial charge in [0.25, 0.3) is 0 Å². The molecule has 21 heavy (non-hydrogen) atoms. The lowest BCUT2D eigenvalue weighted by Gasteiger charge is -2.30. The molecular weight excluding hydrogens is 288 g/mol. The Morgan fingerprint density at radius 3 is 2.90 bits per heavy atom. The molecule has 1 aliphatic heterocycles. The van der Waals surface area contributed by atoms with Crippen molar-refractivity contribution in [2.45, 2.75) is 25.8 Å². The highest BCUT2D eigenvalue weighted by Crippen LogP contribution is 2.22. The fourth-order valence-corrected chi connectivity index (χ4v) is 3.51. The Bertz CT molecular complexity index is 572. The maximum Gasteiger partial charge on any atom is 0.211 e. The van der Waals surface area contributed by atoms with Crippen molar-refractivity contribution in [1.29, 1.82) is 0 Å². The predicted octanol–water partition coefficient (Wildman–Crippen LogP) is 1.76. The minimum atomic E-state index is -3.10. The zero-order valence-electron chi connectivity index (χ0n) is 12.7. The van der Waals surface area contributed by atoms with Crippen LogP contribution in [0.2, 0.25) is 0 Å². The number of benzene rings is 1. The van der Waals surface area contributed by atoms with Gasteiger partial charge in [0.05, 0.1) is 12.9 Å². The van der Waals surface area contributed by atoms with Gasteiger partial charge in [0, 0.05) is 25.0 Å². The van der Waals surface area contributed by atoms with Crippen molar-refractivity contribution in [3.63, 3.8) is 0 Å². The lowest BCUT2D eigenvalue weighted by atomic mass is 10.0. The number of nitrogens with two attached hydrogens (primary N) is 1. The van der Waals surface area contributed by atoms with Gasteiger partial charge in [0.15, 0.2) is 0 Å². The summed E-state index contributed by atoms with van der Waals surface area (Å²) in [6, 6.07) is 7.73. The van der Waals surface area contributed by atoms with Gasteiger partial charge >= 0.3 is 0 Å². The Balaban J connectivity index is 1.92.